The number of ether oxygens (including phenoxy) is 1. The van der Waals surface area contributed by atoms with Crippen LogP contribution in [-0.2, 0) is 29.2 Å². The fourth-order valence-corrected chi connectivity index (χ4v) is 1.23. The molecule has 10 heteroatoms. The van der Waals surface area contributed by atoms with Crippen molar-refractivity contribution >= 4 is 28.5 Å². The summed E-state index contributed by atoms with van der Waals surface area (Å²) in [6.45, 7) is -0.379. The summed E-state index contributed by atoms with van der Waals surface area (Å²) < 4.78 is 32.8. The number of rotatable bonds is 5. The third-order valence-electron chi connectivity index (χ3n) is 1.14. The minimum atomic E-state index is -4.94. The van der Waals surface area contributed by atoms with Crippen LogP contribution >= 0.6 is 0 Å². The van der Waals surface area contributed by atoms with Gasteiger partial charge in [-0.2, -0.15) is 8.42 Å². The zero-order valence-electron chi connectivity index (χ0n) is 7.58. The van der Waals surface area contributed by atoms with Gasteiger partial charge in [0.1, 0.15) is 0 Å². The number of esters is 1. The van der Waals surface area contributed by atoms with Crippen LogP contribution < -0.4 is 34.7 Å². The Morgan fingerprint density at radius 3 is 2.20 bits per heavy atom. The van der Waals surface area contributed by atoms with E-state index in [1.54, 1.807) is 0 Å². The van der Waals surface area contributed by atoms with Gasteiger partial charge in [0.15, 0.2) is 5.25 Å². The third kappa shape index (κ3) is 6.57. The molecule has 0 spiro atoms. The van der Waals surface area contributed by atoms with Gasteiger partial charge >= 0.3 is 42.0 Å². The summed E-state index contributed by atoms with van der Waals surface area (Å²) >= 11 is 0. The minimum Gasteiger partial charge on any atom is -0.550 e. The Labute approximate surface area is 107 Å². The van der Waals surface area contributed by atoms with Crippen molar-refractivity contribution in [2.24, 2.45) is 0 Å². The summed E-state index contributed by atoms with van der Waals surface area (Å²) in [5.41, 5.74) is 0. The van der Waals surface area contributed by atoms with Gasteiger partial charge in [-0.25, -0.2) is 0 Å². The van der Waals surface area contributed by atoms with E-state index in [4.69, 9.17) is 4.55 Å². The molecule has 0 aliphatic rings. The van der Waals surface area contributed by atoms with E-state index in [1.165, 1.54) is 0 Å². The quantitative estimate of drug-likeness (QED) is 0.167. The van der Waals surface area contributed by atoms with Crippen molar-refractivity contribution in [2.75, 3.05) is 0 Å². The summed E-state index contributed by atoms with van der Waals surface area (Å²) in [4.78, 5) is 30.3. The fourth-order valence-electron chi connectivity index (χ4n) is 0.585. The number of carbonyl (C=O) groups excluding carboxylic acids is 3. The number of aliphatic carboxylic acids is 1. The second-order valence-corrected chi connectivity index (χ2v) is 3.71. The van der Waals surface area contributed by atoms with Crippen LogP contribution in [0.2, 0.25) is 0 Å². The first-order chi connectivity index (χ1) is 6.29. The number of carbonyl (C=O) groups is 3. The number of carboxylic acid groups (broad SMARTS) is 1. The fraction of sp³-hybridized carbons (Fsp3) is 0.400. The largest absolute Gasteiger partial charge is 1.00 e. The van der Waals surface area contributed by atoms with E-state index in [1.807, 2.05) is 0 Å². The maximum Gasteiger partial charge on any atom is 1.00 e. The number of hydrogen-bond acceptors (Lipinski definition) is 7. The van der Waals surface area contributed by atoms with Crippen molar-refractivity contribution in [3.8, 4) is 0 Å². The van der Waals surface area contributed by atoms with Gasteiger partial charge in [0.2, 0.25) is 0 Å². The smallest absolute Gasteiger partial charge is 0.550 e. The molecule has 0 fully saturated rings. The van der Waals surface area contributed by atoms with Crippen LogP contribution in [0.4, 0.5) is 0 Å². The molecule has 1 unspecified atom stereocenters. The second kappa shape index (κ2) is 6.90. The van der Waals surface area contributed by atoms with Crippen LogP contribution in [0.1, 0.15) is 6.42 Å². The molecule has 0 saturated heterocycles. The van der Waals surface area contributed by atoms with Gasteiger partial charge in [-0.1, -0.05) is 0 Å². The predicted octanol–water partition coefficient (Wildman–Crippen LogP) is -5.91. The maximum absolute atomic E-state index is 10.6. The van der Waals surface area contributed by atoms with Crippen molar-refractivity contribution in [3.05, 3.63) is 0 Å². The molecule has 0 aromatic rings. The molecule has 0 heterocycles. The Balaban J connectivity index is 0. The zero-order valence-corrected chi connectivity index (χ0v) is 10.4. The van der Waals surface area contributed by atoms with Crippen LogP contribution in [0, 0.1) is 0 Å². The third-order valence-corrected chi connectivity index (χ3v) is 2.22. The Kier molecular flexibility index (Phi) is 7.79. The molecule has 0 rings (SSSR count). The van der Waals surface area contributed by atoms with E-state index >= 15 is 0 Å². The van der Waals surface area contributed by atoms with Crippen LogP contribution in [-0.4, -0.2) is 36.6 Å². The van der Waals surface area contributed by atoms with Crippen molar-refractivity contribution in [3.63, 3.8) is 0 Å². The molecule has 80 valence electrons. The van der Waals surface area contributed by atoms with Gasteiger partial charge in [-0.05, 0) is 0 Å². The Morgan fingerprint density at radius 2 is 1.93 bits per heavy atom. The van der Waals surface area contributed by atoms with Crippen molar-refractivity contribution < 1.29 is 66.8 Å². The summed E-state index contributed by atoms with van der Waals surface area (Å²) in [6, 6.07) is 0. The van der Waals surface area contributed by atoms with Gasteiger partial charge < -0.3 is 14.6 Å². The monoisotopic (exact) mass is 248 g/mol. The molecule has 0 aliphatic carbocycles. The van der Waals surface area contributed by atoms with E-state index in [0.717, 1.165) is 0 Å². The average molecular weight is 248 g/mol. The summed E-state index contributed by atoms with van der Waals surface area (Å²) in [6.07, 6.45) is -1.29. The SMILES string of the molecule is O=COC(=O)C(CC(=O)[O-])S(=O)(=O)O.[Na+]. The van der Waals surface area contributed by atoms with E-state index in [0.29, 0.717) is 0 Å². The molecular weight excluding hydrogens is 243 g/mol. The van der Waals surface area contributed by atoms with Crippen LogP contribution in [0.25, 0.3) is 0 Å². The molecule has 15 heavy (non-hydrogen) atoms. The maximum atomic E-state index is 10.6. The van der Waals surface area contributed by atoms with Gasteiger partial charge in [0.05, 0.1) is 0 Å². The number of hydrogen-bond donors (Lipinski definition) is 1. The molecule has 1 atom stereocenters. The first-order valence-corrected chi connectivity index (χ1v) is 4.59. The van der Waals surface area contributed by atoms with Crippen molar-refractivity contribution in [2.45, 2.75) is 11.7 Å². The normalized spacial score (nSPS) is 12.1. The summed E-state index contributed by atoms with van der Waals surface area (Å²) in [5.74, 6) is -3.55. The first kappa shape index (κ1) is 16.9. The first-order valence-electron chi connectivity index (χ1n) is 3.09. The second-order valence-electron chi connectivity index (χ2n) is 2.11. The minimum absolute atomic E-state index is 0. The molecule has 0 aliphatic heterocycles. The molecule has 0 saturated carbocycles. The van der Waals surface area contributed by atoms with Gasteiger partial charge in [-0.15, -0.1) is 0 Å². The summed E-state index contributed by atoms with van der Waals surface area (Å²) in [7, 11) is -4.94. The van der Waals surface area contributed by atoms with Crippen LogP contribution in [0.3, 0.4) is 0 Å². The van der Waals surface area contributed by atoms with E-state index < -0.39 is 33.7 Å². The van der Waals surface area contributed by atoms with Gasteiger partial charge in [0, 0.05) is 12.4 Å². The van der Waals surface area contributed by atoms with Crippen LogP contribution in [0.15, 0.2) is 0 Å². The molecule has 1 N–H and O–H groups in total. The molecular formula is C5H5NaO8S. The Morgan fingerprint density at radius 1 is 1.47 bits per heavy atom. The molecule has 0 radical (unpaired) electrons. The molecule has 0 aromatic heterocycles. The van der Waals surface area contributed by atoms with Gasteiger partial charge in [-0.3, -0.25) is 14.1 Å². The Hall–Kier alpha value is -0.480. The topological polar surface area (TPSA) is 138 Å². The van der Waals surface area contributed by atoms with Crippen molar-refractivity contribution in [1.82, 2.24) is 0 Å². The number of carboxylic acids is 1. The molecule has 8 nitrogen and oxygen atoms in total. The zero-order chi connectivity index (χ0) is 11.4. The van der Waals surface area contributed by atoms with Gasteiger partial charge in [0.25, 0.3) is 10.1 Å². The molecule has 0 bridgehead atoms. The Bertz CT molecular complexity index is 346. The average Bonchev–Trinajstić information content (AvgIpc) is 1.98. The van der Waals surface area contributed by atoms with E-state index in [-0.39, 0.29) is 36.0 Å². The van der Waals surface area contributed by atoms with E-state index in [2.05, 4.69) is 4.74 Å². The van der Waals surface area contributed by atoms with Crippen molar-refractivity contribution in [1.29, 1.82) is 0 Å². The summed E-state index contributed by atoms with van der Waals surface area (Å²) in [5, 5.41) is 7.63. The van der Waals surface area contributed by atoms with Crippen LogP contribution in [0.5, 0.6) is 0 Å². The molecule has 0 amide bonds. The molecule has 0 aromatic carbocycles. The predicted molar refractivity (Wildman–Crippen MR) is 37.1 cm³/mol. The van der Waals surface area contributed by atoms with E-state index in [9.17, 15) is 27.9 Å². The standard InChI is InChI=1S/C5H6O8S.Na/c6-2-13-5(9)3(1-4(7)8)14(10,11)12;/h2-3H,1H2,(H,7,8)(H,10,11,12);/q;+1/p-1.